The Kier molecular flexibility index (Phi) is 6.06. The average molecular weight is 410 g/mol. The Bertz CT molecular complexity index is 1100. The second-order valence-electron chi connectivity index (χ2n) is 6.83. The molecule has 0 spiro atoms. The second kappa shape index (κ2) is 8.69. The van der Waals surface area contributed by atoms with Crippen molar-refractivity contribution in [3.05, 3.63) is 83.1 Å². The first kappa shape index (κ1) is 20.9. The summed E-state index contributed by atoms with van der Waals surface area (Å²) in [6.07, 6.45) is 1.38. The number of benzene rings is 2. The number of carbonyl (C=O) groups excluding carboxylic acids is 1. The van der Waals surface area contributed by atoms with E-state index in [1.807, 2.05) is 13.8 Å². The number of nitrogen functional groups attached to an aromatic ring is 1. The van der Waals surface area contributed by atoms with E-state index in [-0.39, 0.29) is 23.2 Å². The van der Waals surface area contributed by atoms with Crippen LogP contribution < -0.4 is 15.8 Å². The average Bonchev–Trinajstić information content (AvgIpc) is 2.68. The Hall–Kier alpha value is -3.81. The summed E-state index contributed by atoms with van der Waals surface area (Å²) < 4.78 is 32.4. The lowest BCUT2D eigenvalue weighted by Gasteiger charge is -2.14. The van der Waals surface area contributed by atoms with Gasteiger partial charge in [-0.3, -0.25) is 10.2 Å². The van der Waals surface area contributed by atoms with Crippen molar-refractivity contribution in [1.29, 1.82) is 5.41 Å². The molecule has 0 atom stereocenters. The van der Waals surface area contributed by atoms with Gasteiger partial charge < -0.3 is 15.8 Å². The highest BCUT2D eigenvalue weighted by Crippen LogP contribution is 2.24. The smallest absolute Gasteiger partial charge is 0.257 e. The van der Waals surface area contributed by atoms with Crippen molar-refractivity contribution in [2.45, 2.75) is 20.0 Å². The van der Waals surface area contributed by atoms with E-state index in [2.05, 4.69) is 10.3 Å². The number of pyridine rings is 1. The molecule has 3 aromatic rings. The fraction of sp³-hybridized carbons (Fsp3) is 0.136. The van der Waals surface area contributed by atoms with Crippen LogP contribution in [-0.4, -0.2) is 22.7 Å². The van der Waals surface area contributed by atoms with Crippen LogP contribution in [0.1, 0.15) is 35.3 Å². The number of rotatable bonds is 6. The molecule has 0 unspecified atom stereocenters. The third-order valence-corrected chi connectivity index (χ3v) is 4.08. The zero-order valence-electron chi connectivity index (χ0n) is 16.4. The number of aromatic nitrogens is 1. The fourth-order valence-electron chi connectivity index (χ4n) is 2.78. The molecule has 0 saturated carbocycles. The minimum absolute atomic E-state index is 0.0361. The molecule has 0 saturated heterocycles. The van der Waals surface area contributed by atoms with Crippen molar-refractivity contribution in [3.8, 4) is 5.75 Å². The van der Waals surface area contributed by atoms with E-state index in [4.69, 9.17) is 15.9 Å². The Labute approximate surface area is 172 Å². The first-order chi connectivity index (χ1) is 14.2. The van der Waals surface area contributed by atoms with E-state index in [1.54, 1.807) is 24.3 Å². The van der Waals surface area contributed by atoms with Crippen molar-refractivity contribution in [2.75, 3.05) is 11.1 Å². The van der Waals surface area contributed by atoms with Gasteiger partial charge in [0.1, 0.15) is 23.2 Å². The number of nitrogens with one attached hydrogen (secondary N) is 2. The van der Waals surface area contributed by atoms with E-state index >= 15 is 0 Å². The summed E-state index contributed by atoms with van der Waals surface area (Å²) in [6, 6.07) is 10.6. The van der Waals surface area contributed by atoms with Gasteiger partial charge in [-0.05, 0) is 56.3 Å². The molecule has 0 bridgehead atoms. The van der Waals surface area contributed by atoms with Gasteiger partial charge in [0.25, 0.3) is 5.91 Å². The molecular formula is C22H20F2N4O2. The maximum Gasteiger partial charge on any atom is 0.257 e. The Morgan fingerprint density at radius 1 is 1.07 bits per heavy atom. The summed E-state index contributed by atoms with van der Waals surface area (Å²) in [4.78, 5) is 16.3. The van der Waals surface area contributed by atoms with Crippen LogP contribution in [0.3, 0.4) is 0 Å². The summed E-state index contributed by atoms with van der Waals surface area (Å²) >= 11 is 0. The highest BCUT2D eigenvalue weighted by Gasteiger charge is 2.14. The van der Waals surface area contributed by atoms with Crippen LogP contribution in [-0.2, 0) is 0 Å². The molecular weight excluding hydrogens is 390 g/mol. The predicted molar refractivity (Wildman–Crippen MR) is 111 cm³/mol. The van der Waals surface area contributed by atoms with Gasteiger partial charge in [-0.2, -0.15) is 0 Å². The number of halogens is 2. The monoisotopic (exact) mass is 410 g/mol. The largest absolute Gasteiger partial charge is 0.491 e. The molecule has 0 fully saturated rings. The molecule has 8 heteroatoms. The summed E-state index contributed by atoms with van der Waals surface area (Å²) in [5, 5.41) is 11.0. The number of carbonyl (C=O) groups is 1. The quantitative estimate of drug-likeness (QED) is 0.414. The molecule has 2 aromatic carbocycles. The van der Waals surface area contributed by atoms with E-state index in [1.165, 1.54) is 12.3 Å². The third kappa shape index (κ3) is 4.96. The molecule has 1 aromatic heterocycles. The van der Waals surface area contributed by atoms with Crippen LogP contribution in [0.15, 0.2) is 54.7 Å². The van der Waals surface area contributed by atoms with Gasteiger partial charge in [-0.1, -0.05) is 0 Å². The van der Waals surface area contributed by atoms with Crippen molar-refractivity contribution in [1.82, 2.24) is 4.98 Å². The van der Waals surface area contributed by atoms with Crippen LogP contribution in [0.25, 0.3) is 0 Å². The topological polar surface area (TPSA) is 101 Å². The maximum absolute atomic E-state index is 13.3. The van der Waals surface area contributed by atoms with Gasteiger partial charge in [0.2, 0.25) is 0 Å². The summed E-state index contributed by atoms with van der Waals surface area (Å²) in [5.41, 5.74) is 7.26. The number of amides is 1. The Morgan fingerprint density at radius 3 is 2.43 bits per heavy atom. The third-order valence-electron chi connectivity index (χ3n) is 4.08. The van der Waals surface area contributed by atoms with Gasteiger partial charge in [0.05, 0.1) is 11.8 Å². The highest BCUT2D eigenvalue weighted by molar-refractivity contribution is 6.14. The molecule has 4 N–H and O–H groups in total. The van der Waals surface area contributed by atoms with Crippen LogP contribution in [0, 0.1) is 17.0 Å². The molecule has 6 nitrogen and oxygen atoms in total. The molecule has 0 aliphatic heterocycles. The number of nitrogens with two attached hydrogens (primary N) is 1. The van der Waals surface area contributed by atoms with Crippen LogP contribution >= 0.6 is 0 Å². The summed E-state index contributed by atoms with van der Waals surface area (Å²) in [6.45, 7) is 3.79. The lowest BCUT2D eigenvalue weighted by molar-refractivity contribution is 0.102. The van der Waals surface area contributed by atoms with Crippen LogP contribution in [0.2, 0.25) is 0 Å². The first-order valence-electron chi connectivity index (χ1n) is 9.12. The number of nitrogens with zero attached hydrogens (tertiary/aromatic N) is 1. The molecule has 3 rings (SSSR count). The fourth-order valence-corrected chi connectivity index (χ4v) is 2.78. The summed E-state index contributed by atoms with van der Waals surface area (Å²) in [5.74, 6) is -1.74. The SMILES string of the molecule is CC(C)Oc1ccc(N)c(C(=N)c2ccnc(NC(=O)c3cc(F)cc(F)c3)c2)c1. The molecule has 30 heavy (non-hydrogen) atoms. The van der Waals surface area contributed by atoms with Crippen LogP contribution in [0.4, 0.5) is 20.3 Å². The van der Waals surface area contributed by atoms with E-state index in [0.717, 1.165) is 12.1 Å². The minimum Gasteiger partial charge on any atom is -0.491 e. The number of ether oxygens (including phenoxy) is 1. The van der Waals surface area contributed by atoms with Gasteiger partial charge in [-0.15, -0.1) is 0 Å². The maximum atomic E-state index is 13.3. The molecule has 1 heterocycles. The standard InChI is InChI=1S/C22H20F2N4O2/c1-12(2)30-17-3-4-19(25)18(11-17)21(26)13-5-6-27-20(9-13)28-22(29)14-7-15(23)10-16(24)8-14/h3-12,26H,25H2,1-2H3,(H,27,28,29). The van der Waals surface area contributed by atoms with Gasteiger partial charge >= 0.3 is 0 Å². The molecule has 154 valence electrons. The van der Waals surface area contributed by atoms with E-state index in [0.29, 0.717) is 28.6 Å². The first-order valence-corrected chi connectivity index (χ1v) is 9.12. The normalized spacial score (nSPS) is 10.7. The number of anilines is 2. The molecule has 0 aliphatic carbocycles. The predicted octanol–water partition coefficient (Wildman–Crippen LogP) is 4.40. The van der Waals surface area contributed by atoms with Gasteiger partial charge in [0.15, 0.2) is 0 Å². The van der Waals surface area contributed by atoms with Gasteiger partial charge in [-0.25, -0.2) is 13.8 Å². The van der Waals surface area contributed by atoms with E-state index < -0.39 is 17.5 Å². The minimum atomic E-state index is -0.859. The van der Waals surface area contributed by atoms with E-state index in [9.17, 15) is 13.6 Å². The van der Waals surface area contributed by atoms with Crippen molar-refractivity contribution in [2.24, 2.45) is 0 Å². The molecule has 1 amide bonds. The van der Waals surface area contributed by atoms with Gasteiger partial charge in [0, 0.05) is 34.6 Å². The second-order valence-corrected chi connectivity index (χ2v) is 6.83. The summed E-state index contributed by atoms with van der Waals surface area (Å²) in [7, 11) is 0. The van der Waals surface area contributed by atoms with Crippen LogP contribution in [0.5, 0.6) is 5.75 Å². The van der Waals surface area contributed by atoms with Crippen molar-refractivity contribution >= 4 is 23.1 Å². The zero-order valence-corrected chi connectivity index (χ0v) is 16.4. The highest BCUT2D eigenvalue weighted by atomic mass is 19.1. The van der Waals surface area contributed by atoms with Crippen molar-refractivity contribution in [3.63, 3.8) is 0 Å². The Balaban J connectivity index is 1.84. The van der Waals surface area contributed by atoms with Crippen molar-refractivity contribution < 1.29 is 18.3 Å². The Morgan fingerprint density at radius 2 is 1.77 bits per heavy atom. The number of hydrogen-bond donors (Lipinski definition) is 3. The zero-order chi connectivity index (χ0) is 21.8. The molecule has 0 radical (unpaired) electrons. The lowest BCUT2D eigenvalue weighted by Crippen LogP contribution is -2.14. The molecule has 0 aliphatic rings. The lowest BCUT2D eigenvalue weighted by atomic mass is 10.0. The number of hydrogen-bond acceptors (Lipinski definition) is 5.